The van der Waals surface area contributed by atoms with Gasteiger partial charge in [0.25, 0.3) is 5.92 Å². The van der Waals surface area contributed by atoms with Crippen LogP contribution in [0.5, 0.6) is 0 Å². The summed E-state index contributed by atoms with van der Waals surface area (Å²) < 4.78 is 26.1. The van der Waals surface area contributed by atoms with Crippen LogP contribution in [0.3, 0.4) is 0 Å². The van der Waals surface area contributed by atoms with Crippen molar-refractivity contribution in [1.82, 2.24) is 4.90 Å². The van der Waals surface area contributed by atoms with Crippen molar-refractivity contribution in [1.29, 1.82) is 0 Å². The summed E-state index contributed by atoms with van der Waals surface area (Å²) in [6.07, 6.45) is 0.901. The fourth-order valence-corrected chi connectivity index (χ4v) is 2.51. The summed E-state index contributed by atoms with van der Waals surface area (Å²) in [5.74, 6) is -2.63. The van der Waals surface area contributed by atoms with Crippen LogP contribution < -0.4 is 11.1 Å². The van der Waals surface area contributed by atoms with Crippen molar-refractivity contribution in [3.05, 3.63) is 29.8 Å². The first-order valence-corrected chi connectivity index (χ1v) is 7.67. The number of carbonyl (C=O) groups excluding carboxylic acids is 1. The molecule has 22 heavy (non-hydrogen) atoms. The van der Waals surface area contributed by atoms with Crippen LogP contribution >= 0.6 is 0 Å². The molecule has 1 fully saturated rings. The lowest BCUT2D eigenvalue weighted by Gasteiger charge is -2.31. The van der Waals surface area contributed by atoms with E-state index in [9.17, 15) is 13.6 Å². The van der Waals surface area contributed by atoms with Gasteiger partial charge in [0, 0.05) is 44.6 Å². The Morgan fingerprint density at radius 1 is 1.23 bits per heavy atom. The number of nitrogens with one attached hydrogen (secondary N) is 1. The summed E-state index contributed by atoms with van der Waals surface area (Å²) in [5, 5.41) is 2.82. The summed E-state index contributed by atoms with van der Waals surface area (Å²) in [5.41, 5.74) is 7.37. The molecule has 1 amide bonds. The van der Waals surface area contributed by atoms with Gasteiger partial charge in [0.1, 0.15) is 0 Å². The highest BCUT2D eigenvalue weighted by Crippen LogP contribution is 2.27. The lowest BCUT2D eigenvalue weighted by molar-refractivity contribution is -0.116. The summed E-state index contributed by atoms with van der Waals surface area (Å²) in [7, 11) is 0. The van der Waals surface area contributed by atoms with Crippen LogP contribution in [0.2, 0.25) is 0 Å². The third-order valence-electron chi connectivity index (χ3n) is 3.91. The molecule has 0 aromatic heterocycles. The second-order valence-corrected chi connectivity index (χ2v) is 5.73. The van der Waals surface area contributed by atoms with Crippen LogP contribution in [0.4, 0.5) is 14.5 Å². The zero-order valence-electron chi connectivity index (χ0n) is 12.7. The molecule has 1 aromatic carbocycles. The standard InChI is InChI=1S/C16H23F2N3O/c17-16(18)7-11-21(12-8-16)10-6-15(22)20-14-3-1-13(2-4-14)5-9-19/h1-4H,5-12,19H2,(H,20,22). The van der Waals surface area contributed by atoms with Crippen molar-refractivity contribution in [2.24, 2.45) is 5.73 Å². The number of nitrogens with zero attached hydrogens (tertiary/aromatic N) is 1. The van der Waals surface area contributed by atoms with E-state index in [1.54, 1.807) is 0 Å². The van der Waals surface area contributed by atoms with Crippen molar-refractivity contribution in [2.75, 3.05) is 31.5 Å². The minimum absolute atomic E-state index is 0.0936. The zero-order chi connectivity index (χ0) is 16.0. The van der Waals surface area contributed by atoms with Crippen molar-refractivity contribution in [2.45, 2.75) is 31.6 Å². The smallest absolute Gasteiger partial charge is 0.250 e. The molecule has 0 spiro atoms. The normalized spacial score (nSPS) is 18.1. The number of carbonyl (C=O) groups is 1. The van der Waals surface area contributed by atoms with Crippen LogP contribution in [0.25, 0.3) is 0 Å². The van der Waals surface area contributed by atoms with Gasteiger partial charge in [0.2, 0.25) is 5.91 Å². The number of anilines is 1. The Kier molecular flexibility index (Phi) is 5.85. The fraction of sp³-hybridized carbons (Fsp3) is 0.562. The maximum atomic E-state index is 13.0. The molecule has 1 heterocycles. The molecule has 0 aliphatic carbocycles. The van der Waals surface area contributed by atoms with E-state index in [-0.39, 0.29) is 18.7 Å². The fourth-order valence-electron chi connectivity index (χ4n) is 2.51. The van der Waals surface area contributed by atoms with E-state index >= 15 is 0 Å². The monoisotopic (exact) mass is 311 g/mol. The number of likely N-dealkylation sites (tertiary alicyclic amines) is 1. The molecule has 0 atom stereocenters. The van der Waals surface area contributed by atoms with E-state index in [4.69, 9.17) is 5.73 Å². The minimum Gasteiger partial charge on any atom is -0.330 e. The topological polar surface area (TPSA) is 58.4 Å². The predicted octanol–water partition coefficient (Wildman–Crippen LogP) is 2.25. The Labute approximate surface area is 129 Å². The highest BCUT2D eigenvalue weighted by atomic mass is 19.3. The molecule has 1 saturated heterocycles. The van der Waals surface area contributed by atoms with Crippen molar-refractivity contribution in [3.63, 3.8) is 0 Å². The maximum Gasteiger partial charge on any atom is 0.250 e. The molecular weight excluding hydrogens is 288 g/mol. The van der Waals surface area contributed by atoms with Crippen LogP contribution in [0.15, 0.2) is 24.3 Å². The molecule has 1 aliphatic heterocycles. The minimum atomic E-state index is -2.54. The number of piperidine rings is 1. The van der Waals surface area contributed by atoms with Gasteiger partial charge in [0.05, 0.1) is 0 Å². The Bertz CT molecular complexity index is 481. The Balaban J connectivity index is 1.71. The summed E-state index contributed by atoms with van der Waals surface area (Å²) >= 11 is 0. The highest BCUT2D eigenvalue weighted by Gasteiger charge is 2.33. The van der Waals surface area contributed by atoms with Gasteiger partial charge in [-0.3, -0.25) is 4.79 Å². The highest BCUT2D eigenvalue weighted by molar-refractivity contribution is 5.90. The van der Waals surface area contributed by atoms with Gasteiger partial charge in [0.15, 0.2) is 0 Å². The van der Waals surface area contributed by atoms with Crippen molar-refractivity contribution >= 4 is 11.6 Å². The van der Waals surface area contributed by atoms with Gasteiger partial charge in [-0.15, -0.1) is 0 Å². The van der Waals surface area contributed by atoms with Crippen LogP contribution in [0.1, 0.15) is 24.8 Å². The molecule has 122 valence electrons. The van der Waals surface area contributed by atoms with Gasteiger partial charge < -0.3 is 16.0 Å². The first kappa shape index (κ1) is 16.8. The average molecular weight is 311 g/mol. The molecule has 4 nitrogen and oxygen atoms in total. The molecule has 6 heteroatoms. The van der Waals surface area contributed by atoms with E-state index in [0.29, 0.717) is 32.6 Å². The van der Waals surface area contributed by atoms with Crippen molar-refractivity contribution in [3.8, 4) is 0 Å². The number of rotatable bonds is 6. The van der Waals surface area contributed by atoms with Gasteiger partial charge in [-0.1, -0.05) is 12.1 Å². The largest absolute Gasteiger partial charge is 0.330 e. The molecule has 0 saturated carbocycles. The SMILES string of the molecule is NCCc1ccc(NC(=O)CCN2CCC(F)(F)CC2)cc1. The number of hydrogen-bond donors (Lipinski definition) is 2. The molecule has 0 radical (unpaired) electrons. The number of halogens is 2. The van der Waals surface area contributed by atoms with E-state index in [1.165, 1.54) is 0 Å². The van der Waals surface area contributed by atoms with E-state index in [1.807, 2.05) is 29.2 Å². The Morgan fingerprint density at radius 3 is 2.45 bits per heavy atom. The summed E-state index contributed by atoms with van der Waals surface area (Å²) in [6.45, 7) is 1.83. The van der Waals surface area contributed by atoms with E-state index in [0.717, 1.165) is 17.7 Å². The van der Waals surface area contributed by atoms with Gasteiger partial charge in [-0.2, -0.15) is 0 Å². The predicted molar refractivity (Wildman–Crippen MR) is 83.1 cm³/mol. The molecular formula is C16H23F2N3O. The molecule has 0 unspecified atom stereocenters. The number of amides is 1. The maximum absolute atomic E-state index is 13.0. The number of nitrogens with two attached hydrogens (primary N) is 1. The third-order valence-corrected chi connectivity index (χ3v) is 3.91. The molecule has 1 aromatic rings. The van der Waals surface area contributed by atoms with Gasteiger partial charge in [-0.25, -0.2) is 8.78 Å². The second kappa shape index (κ2) is 7.65. The Morgan fingerprint density at radius 2 is 1.86 bits per heavy atom. The third kappa shape index (κ3) is 5.35. The van der Waals surface area contributed by atoms with Crippen molar-refractivity contribution < 1.29 is 13.6 Å². The molecule has 2 rings (SSSR count). The second-order valence-electron chi connectivity index (χ2n) is 5.73. The quantitative estimate of drug-likeness (QED) is 0.847. The van der Waals surface area contributed by atoms with Crippen LogP contribution in [-0.2, 0) is 11.2 Å². The number of benzene rings is 1. The van der Waals surface area contributed by atoms with Gasteiger partial charge in [-0.05, 0) is 30.7 Å². The van der Waals surface area contributed by atoms with Crippen LogP contribution in [0, 0.1) is 0 Å². The Hall–Kier alpha value is -1.53. The summed E-state index contributed by atoms with van der Waals surface area (Å²) in [4.78, 5) is 13.8. The molecule has 3 N–H and O–H groups in total. The lowest BCUT2D eigenvalue weighted by atomic mass is 10.1. The van der Waals surface area contributed by atoms with Crippen LogP contribution in [-0.4, -0.2) is 42.9 Å². The zero-order valence-corrected chi connectivity index (χ0v) is 12.7. The first-order chi connectivity index (χ1) is 10.5. The average Bonchev–Trinajstić information content (AvgIpc) is 2.48. The first-order valence-electron chi connectivity index (χ1n) is 7.67. The lowest BCUT2D eigenvalue weighted by Crippen LogP contribution is -2.40. The molecule has 0 bridgehead atoms. The van der Waals surface area contributed by atoms with E-state index in [2.05, 4.69) is 5.32 Å². The summed E-state index contributed by atoms with van der Waals surface area (Å²) in [6, 6.07) is 7.58. The number of hydrogen-bond acceptors (Lipinski definition) is 3. The van der Waals surface area contributed by atoms with Gasteiger partial charge >= 0.3 is 0 Å². The number of alkyl halides is 2. The molecule has 1 aliphatic rings. The van der Waals surface area contributed by atoms with E-state index < -0.39 is 5.92 Å².